The summed E-state index contributed by atoms with van der Waals surface area (Å²) < 4.78 is 0. The van der Waals surface area contributed by atoms with E-state index in [-0.39, 0.29) is 5.78 Å². The van der Waals surface area contributed by atoms with Gasteiger partial charge in [-0.05, 0) is 19.9 Å². The summed E-state index contributed by atoms with van der Waals surface area (Å²) in [6, 6.07) is 10.2. The second-order valence-electron chi connectivity index (χ2n) is 4.64. The molecule has 1 aromatic carbocycles. The Balaban J connectivity index is 1.92. The van der Waals surface area contributed by atoms with Crippen LogP contribution in [0.3, 0.4) is 0 Å². The summed E-state index contributed by atoms with van der Waals surface area (Å²) in [7, 11) is 2.07. The zero-order chi connectivity index (χ0) is 11.4. The van der Waals surface area contributed by atoms with Gasteiger partial charge in [0.2, 0.25) is 0 Å². The molecule has 0 bridgehead atoms. The van der Waals surface area contributed by atoms with Crippen molar-refractivity contribution in [3.05, 3.63) is 35.9 Å². The standard InChI is InChI=1S/C14H19NO/c1-15(13-9-5-6-10-13)11-14(16)12-7-3-2-4-8-12/h2-4,7-8,13H,5-6,9-11H2,1H3. The summed E-state index contributed by atoms with van der Waals surface area (Å²) in [6.45, 7) is 0.550. The largest absolute Gasteiger partial charge is 0.296 e. The summed E-state index contributed by atoms with van der Waals surface area (Å²) in [6.07, 6.45) is 5.13. The molecule has 0 aromatic heterocycles. The molecule has 0 N–H and O–H groups in total. The van der Waals surface area contributed by atoms with Crippen molar-refractivity contribution in [2.45, 2.75) is 31.7 Å². The van der Waals surface area contributed by atoms with Crippen molar-refractivity contribution in [2.75, 3.05) is 13.6 Å². The summed E-state index contributed by atoms with van der Waals surface area (Å²) in [5.41, 5.74) is 0.826. The van der Waals surface area contributed by atoms with Crippen LogP contribution in [0, 0.1) is 0 Å². The minimum absolute atomic E-state index is 0.231. The number of carbonyl (C=O) groups excluding carboxylic acids is 1. The van der Waals surface area contributed by atoms with E-state index in [1.807, 2.05) is 30.3 Å². The molecule has 16 heavy (non-hydrogen) atoms. The Morgan fingerprint density at radius 3 is 2.50 bits per heavy atom. The van der Waals surface area contributed by atoms with Gasteiger partial charge < -0.3 is 0 Å². The van der Waals surface area contributed by atoms with E-state index in [0.29, 0.717) is 12.6 Å². The first-order valence-corrected chi connectivity index (χ1v) is 6.06. The topological polar surface area (TPSA) is 20.3 Å². The number of nitrogens with zero attached hydrogens (tertiary/aromatic N) is 1. The molecular formula is C14H19NO. The van der Waals surface area contributed by atoms with Gasteiger partial charge in [-0.15, -0.1) is 0 Å². The molecule has 0 atom stereocenters. The highest BCUT2D eigenvalue weighted by atomic mass is 16.1. The molecule has 0 aliphatic heterocycles. The van der Waals surface area contributed by atoms with Gasteiger partial charge >= 0.3 is 0 Å². The lowest BCUT2D eigenvalue weighted by molar-refractivity contribution is 0.0921. The third-order valence-corrected chi connectivity index (χ3v) is 3.44. The van der Waals surface area contributed by atoms with Gasteiger partial charge in [0.1, 0.15) is 0 Å². The Morgan fingerprint density at radius 2 is 1.88 bits per heavy atom. The quantitative estimate of drug-likeness (QED) is 0.723. The number of benzene rings is 1. The van der Waals surface area contributed by atoms with Gasteiger partial charge in [0.05, 0.1) is 6.54 Å². The fourth-order valence-corrected chi connectivity index (χ4v) is 2.42. The highest BCUT2D eigenvalue weighted by molar-refractivity contribution is 5.97. The van der Waals surface area contributed by atoms with Gasteiger partial charge in [0.15, 0.2) is 5.78 Å². The van der Waals surface area contributed by atoms with Crippen molar-refractivity contribution in [3.63, 3.8) is 0 Å². The fourth-order valence-electron chi connectivity index (χ4n) is 2.42. The summed E-state index contributed by atoms with van der Waals surface area (Å²) in [5.74, 6) is 0.231. The molecule has 0 amide bonds. The van der Waals surface area contributed by atoms with Crippen molar-refractivity contribution < 1.29 is 4.79 Å². The predicted molar refractivity (Wildman–Crippen MR) is 65.7 cm³/mol. The summed E-state index contributed by atoms with van der Waals surface area (Å²) in [5, 5.41) is 0. The molecule has 1 aliphatic carbocycles. The van der Waals surface area contributed by atoms with Gasteiger partial charge in [0.25, 0.3) is 0 Å². The van der Waals surface area contributed by atoms with Crippen LogP contribution >= 0.6 is 0 Å². The zero-order valence-electron chi connectivity index (χ0n) is 9.86. The van der Waals surface area contributed by atoms with Crippen LogP contribution in [-0.2, 0) is 0 Å². The van der Waals surface area contributed by atoms with Gasteiger partial charge in [0, 0.05) is 11.6 Å². The number of carbonyl (C=O) groups is 1. The molecule has 1 fully saturated rings. The van der Waals surface area contributed by atoms with E-state index < -0.39 is 0 Å². The smallest absolute Gasteiger partial charge is 0.176 e. The number of likely N-dealkylation sites (N-methyl/N-ethyl adjacent to an activating group) is 1. The number of Topliss-reactive ketones (excluding diaryl/α,β-unsaturated/α-hetero) is 1. The number of ketones is 1. The number of rotatable bonds is 4. The highest BCUT2D eigenvalue weighted by Crippen LogP contribution is 2.22. The average Bonchev–Trinajstić information content (AvgIpc) is 2.83. The predicted octanol–water partition coefficient (Wildman–Crippen LogP) is 2.74. The van der Waals surface area contributed by atoms with Crippen LogP contribution in [0.5, 0.6) is 0 Å². The van der Waals surface area contributed by atoms with Gasteiger partial charge in [-0.1, -0.05) is 43.2 Å². The first-order valence-electron chi connectivity index (χ1n) is 6.06. The second-order valence-corrected chi connectivity index (χ2v) is 4.64. The Hall–Kier alpha value is -1.15. The molecule has 2 rings (SSSR count). The lowest BCUT2D eigenvalue weighted by atomic mass is 10.1. The van der Waals surface area contributed by atoms with E-state index in [9.17, 15) is 4.79 Å². The fraction of sp³-hybridized carbons (Fsp3) is 0.500. The van der Waals surface area contributed by atoms with Gasteiger partial charge in [-0.3, -0.25) is 9.69 Å². The Kier molecular flexibility index (Phi) is 3.73. The molecule has 2 heteroatoms. The third-order valence-electron chi connectivity index (χ3n) is 3.44. The SMILES string of the molecule is CN(CC(=O)c1ccccc1)C1CCCC1. The Morgan fingerprint density at radius 1 is 1.25 bits per heavy atom. The number of hydrogen-bond donors (Lipinski definition) is 0. The van der Waals surface area contributed by atoms with Crippen molar-refractivity contribution in [1.82, 2.24) is 4.90 Å². The van der Waals surface area contributed by atoms with Gasteiger partial charge in [-0.25, -0.2) is 0 Å². The van der Waals surface area contributed by atoms with Crippen LogP contribution in [0.1, 0.15) is 36.0 Å². The molecule has 0 unspecified atom stereocenters. The van der Waals surface area contributed by atoms with Crippen molar-refractivity contribution >= 4 is 5.78 Å². The Bertz CT molecular complexity index is 341. The Labute approximate surface area is 97.3 Å². The summed E-state index contributed by atoms with van der Waals surface area (Å²) in [4.78, 5) is 14.2. The second kappa shape index (κ2) is 5.26. The van der Waals surface area contributed by atoms with Crippen LogP contribution in [0.4, 0.5) is 0 Å². The molecule has 0 heterocycles. The molecule has 0 radical (unpaired) electrons. The lowest BCUT2D eigenvalue weighted by Gasteiger charge is -2.22. The normalized spacial score (nSPS) is 16.9. The summed E-state index contributed by atoms with van der Waals surface area (Å²) >= 11 is 0. The van der Waals surface area contributed by atoms with E-state index in [4.69, 9.17) is 0 Å². The van der Waals surface area contributed by atoms with E-state index >= 15 is 0 Å². The monoisotopic (exact) mass is 217 g/mol. The zero-order valence-corrected chi connectivity index (χ0v) is 9.86. The van der Waals surface area contributed by atoms with Crippen molar-refractivity contribution in [1.29, 1.82) is 0 Å². The first-order chi connectivity index (χ1) is 7.77. The maximum absolute atomic E-state index is 12.0. The van der Waals surface area contributed by atoms with Crippen LogP contribution < -0.4 is 0 Å². The molecular weight excluding hydrogens is 198 g/mol. The van der Waals surface area contributed by atoms with Crippen LogP contribution in [0.2, 0.25) is 0 Å². The molecule has 1 aliphatic rings. The van der Waals surface area contributed by atoms with Crippen LogP contribution in [0.25, 0.3) is 0 Å². The van der Waals surface area contributed by atoms with E-state index in [1.165, 1.54) is 25.7 Å². The van der Waals surface area contributed by atoms with Gasteiger partial charge in [-0.2, -0.15) is 0 Å². The molecule has 0 saturated heterocycles. The molecule has 2 nitrogen and oxygen atoms in total. The third kappa shape index (κ3) is 2.70. The lowest BCUT2D eigenvalue weighted by Crippen LogP contribution is -2.34. The molecule has 1 saturated carbocycles. The minimum atomic E-state index is 0.231. The number of hydrogen-bond acceptors (Lipinski definition) is 2. The maximum atomic E-state index is 12.0. The van der Waals surface area contributed by atoms with Crippen molar-refractivity contribution in [3.8, 4) is 0 Å². The first kappa shape index (κ1) is 11.3. The maximum Gasteiger partial charge on any atom is 0.176 e. The molecule has 0 spiro atoms. The van der Waals surface area contributed by atoms with E-state index in [1.54, 1.807) is 0 Å². The highest BCUT2D eigenvalue weighted by Gasteiger charge is 2.21. The van der Waals surface area contributed by atoms with Crippen LogP contribution in [0.15, 0.2) is 30.3 Å². The minimum Gasteiger partial charge on any atom is -0.296 e. The molecule has 86 valence electrons. The van der Waals surface area contributed by atoms with Crippen LogP contribution in [-0.4, -0.2) is 30.3 Å². The molecule has 1 aromatic rings. The van der Waals surface area contributed by atoms with Crippen molar-refractivity contribution in [2.24, 2.45) is 0 Å². The van der Waals surface area contributed by atoms with E-state index in [0.717, 1.165) is 5.56 Å². The average molecular weight is 217 g/mol. The van der Waals surface area contributed by atoms with E-state index in [2.05, 4.69) is 11.9 Å².